The smallest absolute Gasteiger partial charge is 0.306 e. The second kappa shape index (κ2) is 40.1. The van der Waals surface area contributed by atoms with Gasteiger partial charge in [-0.05, 0) is 57.8 Å². The second-order valence-corrected chi connectivity index (χ2v) is 17.8. The number of quaternary nitrogens is 1. The normalized spacial score (nSPS) is 14.1. The third kappa shape index (κ3) is 43.3. The van der Waals surface area contributed by atoms with Crippen LogP contribution in [0.5, 0.6) is 0 Å². The topological polar surface area (TPSA) is 111 Å². The second-order valence-electron chi connectivity index (χ2n) is 16.4. The van der Waals surface area contributed by atoms with Crippen molar-refractivity contribution < 1.29 is 42.1 Å². The number of phosphoric ester groups is 1. The molecule has 0 aliphatic rings. The van der Waals surface area contributed by atoms with E-state index in [1.165, 1.54) is 64.2 Å². The van der Waals surface area contributed by atoms with Crippen molar-refractivity contribution in [1.29, 1.82) is 0 Å². The van der Waals surface area contributed by atoms with Gasteiger partial charge in [0.2, 0.25) is 0 Å². The van der Waals surface area contributed by atoms with Crippen molar-refractivity contribution >= 4 is 19.8 Å². The maximum atomic E-state index is 12.6. The molecule has 0 aromatic heterocycles. The molecule has 0 N–H and O–H groups in total. The number of ether oxygens (including phenoxy) is 2. The van der Waals surface area contributed by atoms with Gasteiger partial charge in [0, 0.05) is 12.8 Å². The molecule has 0 heterocycles. The summed E-state index contributed by atoms with van der Waals surface area (Å²) in [5.74, 6) is -0.851. The lowest BCUT2D eigenvalue weighted by Gasteiger charge is -2.28. The molecule has 0 fully saturated rings. The minimum atomic E-state index is -4.61. The third-order valence-corrected chi connectivity index (χ3v) is 10.5. The Kier molecular flexibility index (Phi) is 38.5. The Labute approximate surface area is 356 Å². The summed E-state index contributed by atoms with van der Waals surface area (Å²) in [5, 5.41) is 0. The molecule has 9 nitrogen and oxygen atoms in total. The lowest BCUT2D eigenvalue weighted by molar-refractivity contribution is -0.870. The number of hydrogen-bond donors (Lipinski definition) is 0. The van der Waals surface area contributed by atoms with Crippen LogP contribution in [-0.2, 0) is 32.7 Å². The zero-order valence-electron chi connectivity index (χ0n) is 37.7. The predicted molar refractivity (Wildman–Crippen MR) is 240 cm³/mol. The zero-order valence-corrected chi connectivity index (χ0v) is 38.6. The maximum Gasteiger partial charge on any atom is 0.306 e. The Bertz CT molecular complexity index is 1170. The maximum absolute atomic E-state index is 12.6. The van der Waals surface area contributed by atoms with Crippen LogP contribution in [0.1, 0.15) is 181 Å². The van der Waals surface area contributed by atoms with E-state index in [2.05, 4.69) is 74.6 Å². The van der Waals surface area contributed by atoms with E-state index in [0.717, 1.165) is 83.5 Å². The third-order valence-electron chi connectivity index (χ3n) is 9.55. The van der Waals surface area contributed by atoms with Crippen molar-refractivity contribution in [2.75, 3.05) is 47.5 Å². The summed E-state index contributed by atoms with van der Waals surface area (Å²) in [6.07, 6.45) is 48.8. The van der Waals surface area contributed by atoms with Gasteiger partial charge in [0.05, 0.1) is 27.7 Å². The summed E-state index contributed by atoms with van der Waals surface area (Å²) < 4.78 is 33.7. The molecule has 0 bridgehead atoms. The summed E-state index contributed by atoms with van der Waals surface area (Å²) in [5.41, 5.74) is 0. The minimum absolute atomic E-state index is 0.0321. The van der Waals surface area contributed by atoms with Gasteiger partial charge in [-0.25, -0.2) is 0 Å². The number of carbonyl (C=O) groups excluding carboxylic acids is 2. The Morgan fingerprint density at radius 1 is 0.552 bits per heavy atom. The van der Waals surface area contributed by atoms with Gasteiger partial charge >= 0.3 is 11.9 Å². The molecule has 58 heavy (non-hydrogen) atoms. The van der Waals surface area contributed by atoms with Crippen molar-refractivity contribution in [3.8, 4) is 0 Å². The van der Waals surface area contributed by atoms with E-state index >= 15 is 0 Å². The average Bonchev–Trinajstić information content (AvgIpc) is 3.17. The zero-order chi connectivity index (χ0) is 42.8. The van der Waals surface area contributed by atoms with Gasteiger partial charge in [0.25, 0.3) is 7.82 Å². The highest BCUT2D eigenvalue weighted by Crippen LogP contribution is 2.38. The Morgan fingerprint density at radius 3 is 1.47 bits per heavy atom. The number of esters is 2. The van der Waals surface area contributed by atoms with Crippen LogP contribution in [0.4, 0.5) is 0 Å². The SMILES string of the molecule is CC/C=C\C/C=C\C/C=C\C/C=C\C/C=C\CCCCCCCCCCCCCCCC(=O)OC(COC(=O)CCCCCCC)COP(=O)([O-])OCC[N+](C)(C)C. The summed E-state index contributed by atoms with van der Waals surface area (Å²) >= 11 is 0. The molecule has 0 aliphatic heterocycles. The van der Waals surface area contributed by atoms with E-state index < -0.39 is 32.5 Å². The molecule has 0 aromatic carbocycles. The molecule has 0 saturated heterocycles. The summed E-state index contributed by atoms with van der Waals surface area (Å²) in [6.45, 7) is 4.01. The van der Waals surface area contributed by atoms with E-state index in [9.17, 15) is 19.0 Å². The first kappa shape index (κ1) is 55.7. The molecular weight excluding hydrogens is 750 g/mol. The standard InChI is InChI=1S/C48H86NO8P/c1-6-8-10-12-13-14-15-16-17-18-19-20-21-22-23-24-25-26-27-28-29-30-31-32-33-34-35-37-39-41-48(51)57-46(44-54-47(50)40-38-36-11-9-7-2)45-56-58(52,53)55-43-42-49(3,4)5/h8,10,13-14,16-17,19-20,22-23,46H,6-7,9,11-12,15,18,21,24-45H2,1-5H3/b10-8-,14-13-,17-16-,20-19-,23-22-. The monoisotopic (exact) mass is 836 g/mol. The summed E-state index contributed by atoms with van der Waals surface area (Å²) in [6, 6.07) is 0. The van der Waals surface area contributed by atoms with Crippen molar-refractivity contribution in [2.24, 2.45) is 0 Å². The number of unbranched alkanes of at least 4 members (excludes halogenated alkanes) is 17. The summed E-state index contributed by atoms with van der Waals surface area (Å²) in [7, 11) is 1.16. The molecule has 2 unspecified atom stereocenters. The number of nitrogens with zero attached hydrogens (tertiary/aromatic N) is 1. The van der Waals surface area contributed by atoms with Crippen molar-refractivity contribution in [3.05, 3.63) is 60.8 Å². The Balaban J connectivity index is 4.00. The fourth-order valence-electron chi connectivity index (χ4n) is 5.97. The lowest BCUT2D eigenvalue weighted by atomic mass is 10.0. The van der Waals surface area contributed by atoms with Gasteiger partial charge in [0.15, 0.2) is 6.10 Å². The molecule has 0 rings (SSSR count). The molecule has 10 heteroatoms. The van der Waals surface area contributed by atoms with Crippen LogP contribution in [0.3, 0.4) is 0 Å². The first-order chi connectivity index (χ1) is 28.0. The van der Waals surface area contributed by atoms with Crippen LogP contribution in [0.15, 0.2) is 60.8 Å². The molecular formula is C48H86NO8P. The van der Waals surface area contributed by atoms with E-state index in [4.69, 9.17) is 18.5 Å². The molecule has 0 aliphatic carbocycles. The minimum Gasteiger partial charge on any atom is -0.756 e. The van der Waals surface area contributed by atoms with Gasteiger partial charge in [-0.1, -0.05) is 171 Å². The number of rotatable bonds is 41. The number of likely N-dealkylation sites (N-methyl/N-ethyl adjacent to an activating group) is 1. The largest absolute Gasteiger partial charge is 0.756 e. The Morgan fingerprint density at radius 2 is 0.983 bits per heavy atom. The van der Waals surface area contributed by atoms with Crippen LogP contribution >= 0.6 is 7.82 Å². The van der Waals surface area contributed by atoms with E-state index in [-0.39, 0.29) is 26.1 Å². The van der Waals surface area contributed by atoms with E-state index in [1.807, 2.05) is 21.1 Å². The molecule has 336 valence electrons. The van der Waals surface area contributed by atoms with Crippen LogP contribution in [0, 0.1) is 0 Å². The van der Waals surface area contributed by atoms with Crippen molar-refractivity contribution in [3.63, 3.8) is 0 Å². The predicted octanol–water partition coefficient (Wildman–Crippen LogP) is 12.6. The molecule has 0 spiro atoms. The molecule has 0 aromatic rings. The van der Waals surface area contributed by atoms with E-state index in [1.54, 1.807) is 0 Å². The highest BCUT2D eigenvalue weighted by Gasteiger charge is 2.21. The fraction of sp³-hybridized carbons (Fsp3) is 0.750. The van der Waals surface area contributed by atoms with Gasteiger partial charge in [-0.15, -0.1) is 0 Å². The van der Waals surface area contributed by atoms with Gasteiger partial charge in [-0.2, -0.15) is 0 Å². The summed E-state index contributed by atoms with van der Waals surface area (Å²) in [4.78, 5) is 37.2. The Hall–Kier alpha value is -2.29. The number of allylic oxidation sites excluding steroid dienone is 10. The molecule has 0 radical (unpaired) electrons. The number of phosphoric acid groups is 1. The van der Waals surface area contributed by atoms with Crippen LogP contribution in [0.2, 0.25) is 0 Å². The van der Waals surface area contributed by atoms with Gasteiger partial charge in [0.1, 0.15) is 19.8 Å². The van der Waals surface area contributed by atoms with Crippen molar-refractivity contribution in [2.45, 2.75) is 187 Å². The molecule has 0 amide bonds. The average molecular weight is 836 g/mol. The van der Waals surface area contributed by atoms with Crippen molar-refractivity contribution in [1.82, 2.24) is 0 Å². The highest BCUT2D eigenvalue weighted by atomic mass is 31.2. The fourth-order valence-corrected chi connectivity index (χ4v) is 6.70. The van der Waals surface area contributed by atoms with Crippen LogP contribution in [0.25, 0.3) is 0 Å². The molecule has 0 saturated carbocycles. The van der Waals surface area contributed by atoms with Gasteiger partial charge in [-0.3, -0.25) is 14.2 Å². The first-order valence-corrected chi connectivity index (χ1v) is 24.5. The quantitative estimate of drug-likeness (QED) is 0.0197. The number of carbonyl (C=O) groups is 2. The first-order valence-electron chi connectivity index (χ1n) is 23.0. The molecule has 2 atom stereocenters. The van der Waals surface area contributed by atoms with Crippen LogP contribution < -0.4 is 4.89 Å². The lowest BCUT2D eigenvalue weighted by Crippen LogP contribution is -2.37. The highest BCUT2D eigenvalue weighted by molar-refractivity contribution is 7.45. The number of hydrogen-bond acceptors (Lipinski definition) is 8. The van der Waals surface area contributed by atoms with Gasteiger partial charge < -0.3 is 27.9 Å². The van der Waals surface area contributed by atoms with E-state index in [0.29, 0.717) is 17.4 Å². The van der Waals surface area contributed by atoms with Crippen LogP contribution in [-0.4, -0.2) is 70.0 Å².